The van der Waals surface area contributed by atoms with Crippen molar-refractivity contribution in [3.63, 3.8) is 0 Å². The standard InChI is InChI=1S/C35H20N4S.Pt/c1-2-10-32-28(8-1)29-13-11-26(35-38-31-21-24(12-14-34(31)40-35)23-15-18-36-19-16-23)22-33(29)39(32)27-7-5-6-25(20-27)30-9-3-4-17-37-30;/h1-19,21H;/q-2;+2. The van der Waals surface area contributed by atoms with Crippen LogP contribution in [-0.4, -0.2) is 19.5 Å². The summed E-state index contributed by atoms with van der Waals surface area (Å²) in [4.78, 5) is 13.7. The van der Waals surface area contributed by atoms with Crippen LogP contribution in [0.3, 0.4) is 0 Å². The molecule has 4 nitrogen and oxygen atoms in total. The maximum absolute atomic E-state index is 5.03. The molecule has 0 saturated carbocycles. The number of thiazole rings is 1. The van der Waals surface area contributed by atoms with Crippen LogP contribution in [0.2, 0.25) is 0 Å². The quantitative estimate of drug-likeness (QED) is 0.171. The SMILES string of the molecule is [Pt+2].[c-]1c(-c2ccccn2)cccc1-n1c2[c-]c(-c3nc4cc(-c5ccncc5)ccc4s3)ccc2c2ccccc21. The monoisotopic (exact) mass is 723 g/mol. The van der Waals surface area contributed by atoms with Gasteiger partial charge in [-0.15, -0.1) is 53.6 Å². The fourth-order valence-corrected chi connectivity index (χ4v) is 6.22. The number of benzene rings is 4. The van der Waals surface area contributed by atoms with E-state index in [-0.39, 0.29) is 21.1 Å². The summed E-state index contributed by atoms with van der Waals surface area (Å²) in [6, 6.07) is 42.8. The first-order valence-electron chi connectivity index (χ1n) is 13.0. The summed E-state index contributed by atoms with van der Waals surface area (Å²) in [5, 5.41) is 3.28. The number of pyridine rings is 2. The molecule has 0 aliphatic heterocycles. The van der Waals surface area contributed by atoms with Gasteiger partial charge in [-0.1, -0.05) is 41.8 Å². The van der Waals surface area contributed by atoms with Gasteiger partial charge in [-0.2, -0.15) is 11.3 Å². The van der Waals surface area contributed by atoms with E-state index in [0.29, 0.717) is 0 Å². The maximum atomic E-state index is 5.03. The van der Waals surface area contributed by atoms with Gasteiger partial charge in [0.2, 0.25) is 0 Å². The molecule has 0 aliphatic carbocycles. The van der Waals surface area contributed by atoms with Gasteiger partial charge in [0.25, 0.3) is 0 Å². The summed E-state index contributed by atoms with van der Waals surface area (Å²) in [6.45, 7) is 0. The minimum Gasteiger partial charge on any atom is -0.346 e. The molecule has 6 heteroatoms. The molecule has 0 spiro atoms. The molecule has 0 atom stereocenters. The largest absolute Gasteiger partial charge is 2.00 e. The Hall–Kier alpha value is -4.44. The Morgan fingerprint density at radius 3 is 2.41 bits per heavy atom. The van der Waals surface area contributed by atoms with E-state index >= 15 is 0 Å². The van der Waals surface area contributed by atoms with Gasteiger partial charge in [-0.3, -0.25) is 9.97 Å². The van der Waals surface area contributed by atoms with Gasteiger partial charge < -0.3 is 9.55 Å². The second kappa shape index (κ2) is 10.5. The van der Waals surface area contributed by atoms with E-state index in [9.17, 15) is 0 Å². The van der Waals surface area contributed by atoms with Crippen LogP contribution >= 0.6 is 11.3 Å². The third kappa shape index (κ3) is 4.48. The van der Waals surface area contributed by atoms with E-state index in [1.165, 1.54) is 5.39 Å². The molecule has 0 radical (unpaired) electrons. The topological polar surface area (TPSA) is 43.6 Å². The fourth-order valence-electron chi connectivity index (χ4n) is 5.29. The third-order valence-corrected chi connectivity index (χ3v) is 8.25. The van der Waals surface area contributed by atoms with Crippen LogP contribution in [0, 0.1) is 12.1 Å². The zero-order valence-electron chi connectivity index (χ0n) is 21.6. The first-order chi connectivity index (χ1) is 19.8. The van der Waals surface area contributed by atoms with Crippen LogP contribution in [0.1, 0.15) is 0 Å². The van der Waals surface area contributed by atoms with Crippen LogP contribution in [0.5, 0.6) is 0 Å². The average Bonchev–Trinajstić information content (AvgIpc) is 3.60. The first kappa shape index (κ1) is 25.5. The smallest absolute Gasteiger partial charge is 0.346 e. The minimum atomic E-state index is 0. The Morgan fingerprint density at radius 2 is 1.54 bits per heavy atom. The number of hydrogen-bond acceptors (Lipinski definition) is 4. The van der Waals surface area contributed by atoms with E-state index < -0.39 is 0 Å². The summed E-state index contributed by atoms with van der Waals surface area (Å²) in [6.07, 6.45) is 5.45. The molecule has 41 heavy (non-hydrogen) atoms. The number of rotatable bonds is 4. The summed E-state index contributed by atoms with van der Waals surface area (Å²) in [5.41, 5.74) is 9.16. The van der Waals surface area contributed by atoms with Gasteiger partial charge in [-0.25, -0.2) is 0 Å². The van der Waals surface area contributed by atoms with Crippen molar-refractivity contribution in [1.29, 1.82) is 0 Å². The van der Waals surface area contributed by atoms with Gasteiger partial charge in [0.05, 0.1) is 5.52 Å². The Balaban J connectivity index is 0.00000276. The van der Waals surface area contributed by atoms with E-state index in [4.69, 9.17) is 4.98 Å². The van der Waals surface area contributed by atoms with Crippen LogP contribution in [0.25, 0.3) is 70.7 Å². The van der Waals surface area contributed by atoms with E-state index in [2.05, 4.69) is 99.5 Å². The van der Waals surface area contributed by atoms with Gasteiger partial charge >= 0.3 is 21.1 Å². The van der Waals surface area contributed by atoms with Crippen LogP contribution in [0.4, 0.5) is 0 Å². The molecule has 8 rings (SSSR count). The molecule has 196 valence electrons. The predicted octanol–water partition coefficient (Wildman–Crippen LogP) is 8.78. The molecule has 4 heterocycles. The normalized spacial score (nSPS) is 11.2. The first-order valence-corrected chi connectivity index (χ1v) is 13.8. The number of para-hydroxylation sites is 1. The predicted molar refractivity (Wildman–Crippen MR) is 164 cm³/mol. The van der Waals surface area contributed by atoms with Crippen molar-refractivity contribution in [3.8, 4) is 38.6 Å². The van der Waals surface area contributed by atoms with Crippen molar-refractivity contribution >= 4 is 43.4 Å². The summed E-state index contributed by atoms with van der Waals surface area (Å²) in [7, 11) is 0. The zero-order chi connectivity index (χ0) is 26.5. The molecule has 0 bridgehead atoms. The number of hydrogen-bond donors (Lipinski definition) is 0. The van der Waals surface area contributed by atoms with E-state index in [0.717, 1.165) is 65.3 Å². The van der Waals surface area contributed by atoms with Crippen molar-refractivity contribution in [3.05, 3.63) is 134 Å². The molecular weight excluding hydrogens is 704 g/mol. The molecule has 4 aromatic carbocycles. The van der Waals surface area contributed by atoms with Crippen molar-refractivity contribution in [2.75, 3.05) is 0 Å². The summed E-state index contributed by atoms with van der Waals surface area (Å²) in [5.74, 6) is 0. The number of aromatic nitrogens is 4. The fraction of sp³-hybridized carbons (Fsp3) is 0. The van der Waals surface area contributed by atoms with Crippen molar-refractivity contribution < 1.29 is 21.1 Å². The number of fused-ring (bicyclic) bond motifs is 4. The Labute approximate surface area is 255 Å². The Morgan fingerprint density at radius 1 is 0.659 bits per heavy atom. The van der Waals surface area contributed by atoms with Gasteiger partial charge in [0.15, 0.2) is 0 Å². The van der Waals surface area contributed by atoms with Crippen molar-refractivity contribution in [2.24, 2.45) is 0 Å². The molecule has 0 fully saturated rings. The molecule has 8 aromatic rings. The average molecular weight is 724 g/mol. The van der Waals surface area contributed by atoms with Crippen molar-refractivity contribution in [1.82, 2.24) is 19.5 Å². The zero-order valence-corrected chi connectivity index (χ0v) is 24.6. The van der Waals surface area contributed by atoms with E-state index in [1.807, 2.05) is 48.9 Å². The summed E-state index contributed by atoms with van der Waals surface area (Å²) >= 11 is 1.69. The Bertz CT molecular complexity index is 2170. The van der Waals surface area contributed by atoms with E-state index in [1.54, 1.807) is 11.3 Å². The Kier molecular flexibility index (Phi) is 6.54. The second-order valence-electron chi connectivity index (χ2n) is 9.59. The molecule has 4 aromatic heterocycles. The molecular formula is C35H20N4PtS. The number of nitrogens with zero attached hydrogens (tertiary/aromatic N) is 4. The molecule has 0 unspecified atom stereocenters. The van der Waals surface area contributed by atoms with Crippen LogP contribution in [-0.2, 0) is 21.1 Å². The second-order valence-corrected chi connectivity index (χ2v) is 10.6. The summed E-state index contributed by atoms with van der Waals surface area (Å²) < 4.78 is 3.40. The van der Waals surface area contributed by atoms with Gasteiger partial charge in [-0.05, 0) is 69.8 Å². The molecule has 0 amide bonds. The van der Waals surface area contributed by atoms with Crippen LogP contribution in [0.15, 0.2) is 122 Å². The third-order valence-electron chi connectivity index (χ3n) is 7.18. The van der Waals surface area contributed by atoms with Crippen LogP contribution < -0.4 is 0 Å². The maximum Gasteiger partial charge on any atom is 2.00 e. The molecule has 0 N–H and O–H groups in total. The van der Waals surface area contributed by atoms with Crippen molar-refractivity contribution in [2.45, 2.75) is 0 Å². The minimum absolute atomic E-state index is 0. The van der Waals surface area contributed by atoms with Gasteiger partial charge in [0, 0.05) is 33.8 Å². The molecule has 0 saturated heterocycles. The van der Waals surface area contributed by atoms with Gasteiger partial charge in [0.1, 0.15) is 0 Å². The molecule has 0 aliphatic rings.